The van der Waals surface area contributed by atoms with Crippen LogP contribution in [0.3, 0.4) is 0 Å². The lowest BCUT2D eigenvalue weighted by atomic mass is 10.2. The Balaban J connectivity index is 1.96. The van der Waals surface area contributed by atoms with E-state index in [4.69, 9.17) is 0 Å². The summed E-state index contributed by atoms with van der Waals surface area (Å²) in [7, 11) is -3.43. The van der Waals surface area contributed by atoms with Crippen LogP contribution in [0.4, 0.5) is 0 Å². The van der Waals surface area contributed by atoms with Crippen LogP contribution in [-0.4, -0.2) is 15.0 Å². The second-order valence-corrected chi connectivity index (χ2v) is 6.24. The van der Waals surface area contributed by atoms with Crippen LogP contribution in [0.25, 0.3) is 6.08 Å². The third kappa shape index (κ3) is 4.05. The molecule has 0 fully saturated rings. The van der Waals surface area contributed by atoms with Crippen LogP contribution < -0.4 is 4.72 Å². The average Bonchev–Trinajstić information content (AvgIpc) is 2.45. The molecule has 0 aliphatic rings. The van der Waals surface area contributed by atoms with Crippen molar-refractivity contribution >= 4 is 16.1 Å². The Morgan fingerprint density at radius 3 is 2.30 bits per heavy atom. The zero-order valence-corrected chi connectivity index (χ0v) is 12.1. The molecule has 4 heteroatoms. The molecule has 0 bridgehead atoms. The first kappa shape index (κ1) is 14.5. The molecule has 3 nitrogen and oxygen atoms in total. The van der Waals surface area contributed by atoms with Crippen molar-refractivity contribution in [2.75, 3.05) is 6.54 Å². The highest BCUT2D eigenvalue weighted by Gasteiger charge is 2.11. The number of nitrogens with one attached hydrogen (secondary N) is 1. The Labute approximate surface area is 120 Å². The molecule has 104 valence electrons. The summed E-state index contributed by atoms with van der Waals surface area (Å²) >= 11 is 0. The van der Waals surface area contributed by atoms with Gasteiger partial charge in [-0.3, -0.25) is 0 Å². The topological polar surface area (TPSA) is 46.2 Å². The van der Waals surface area contributed by atoms with Crippen LogP contribution >= 0.6 is 0 Å². The highest BCUT2D eigenvalue weighted by atomic mass is 32.2. The standard InChI is InChI=1S/C16H17NO2S/c1-14-9-11-16(12-10-14)20(18,19)17-13-5-8-15-6-3-2-4-7-15/h2-12,17H,13H2,1H3/b8-5-. The third-order valence-corrected chi connectivity index (χ3v) is 4.27. The van der Waals surface area contributed by atoms with Gasteiger partial charge in [0.05, 0.1) is 4.90 Å². The fourth-order valence-electron chi connectivity index (χ4n) is 1.72. The minimum absolute atomic E-state index is 0.269. The Morgan fingerprint density at radius 1 is 1.00 bits per heavy atom. The monoisotopic (exact) mass is 287 g/mol. The van der Waals surface area contributed by atoms with E-state index in [1.807, 2.05) is 43.3 Å². The van der Waals surface area contributed by atoms with Crippen molar-refractivity contribution in [2.45, 2.75) is 11.8 Å². The zero-order valence-electron chi connectivity index (χ0n) is 11.3. The molecular weight excluding hydrogens is 270 g/mol. The predicted octanol–water partition coefficient (Wildman–Crippen LogP) is 2.99. The van der Waals surface area contributed by atoms with Crippen molar-refractivity contribution in [2.24, 2.45) is 0 Å². The molecule has 0 unspecified atom stereocenters. The van der Waals surface area contributed by atoms with Gasteiger partial charge in [-0.05, 0) is 24.6 Å². The Kier molecular flexibility index (Phi) is 4.71. The molecule has 0 aromatic heterocycles. The predicted molar refractivity (Wildman–Crippen MR) is 81.8 cm³/mol. The van der Waals surface area contributed by atoms with Crippen LogP contribution in [0.15, 0.2) is 65.6 Å². The summed E-state index contributed by atoms with van der Waals surface area (Å²) < 4.78 is 26.6. The first-order valence-electron chi connectivity index (χ1n) is 6.36. The largest absolute Gasteiger partial charge is 0.240 e. The molecule has 2 rings (SSSR count). The molecule has 0 saturated heterocycles. The van der Waals surface area contributed by atoms with Crippen molar-refractivity contribution in [1.29, 1.82) is 0 Å². The first-order valence-corrected chi connectivity index (χ1v) is 7.84. The molecule has 20 heavy (non-hydrogen) atoms. The van der Waals surface area contributed by atoms with Crippen LogP contribution in [0.1, 0.15) is 11.1 Å². The second kappa shape index (κ2) is 6.50. The minimum atomic E-state index is -3.43. The first-order chi connectivity index (χ1) is 9.58. The summed E-state index contributed by atoms with van der Waals surface area (Å²) in [5.74, 6) is 0. The summed E-state index contributed by atoms with van der Waals surface area (Å²) in [6, 6.07) is 16.5. The van der Waals surface area contributed by atoms with E-state index >= 15 is 0 Å². The number of aryl methyl sites for hydroxylation is 1. The van der Waals surface area contributed by atoms with Gasteiger partial charge in [0.1, 0.15) is 0 Å². The second-order valence-electron chi connectivity index (χ2n) is 4.48. The molecule has 0 atom stereocenters. The molecule has 0 heterocycles. The molecule has 1 N–H and O–H groups in total. The Hall–Kier alpha value is -1.91. The van der Waals surface area contributed by atoms with E-state index in [1.165, 1.54) is 0 Å². The van der Waals surface area contributed by atoms with Gasteiger partial charge in [0.15, 0.2) is 0 Å². The zero-order chi connectivity index (χ0) is 14.4. The van der Waals surface area contributed by atoms with Gasteiger partial charge in [-0.15, -0.1) is 0 Å². The van der Waals surface area contributed by atoms with E-state index in [9.17, 15) is 8.42 Å². The lowest BCUT2D eigenvalue weighted by Gasteiger charge is -2.04. The highest BCUT2D eigenvalue weighted by Crippen LogP contribution is 2.09. The normalized spacial score (nSPS) is 11.8. The van der Waals surface area contributed by atoms with E-state index < -0.39 is 10.0 Å². The summed E-state index contributed by atoms with van der Waals surface area (Å²) in [4.78, 5) is 0.288. The lowest BCUT2D eigenvalue weighted by Crippen LogP contribution is -2.23. The minimum Gasteiger partial charge on any atom is -0.207 e. The van der Waals surface area contributed by atoms with E-state index in [1.54, 1.807) is 30.3 Å². The van der Waals surface area contributed by atoms with Gasteiger partial charge in [-0.2, -0.15) is 0 Å². The summed E-state index contributed by atoms with van der Waals surface area (Å²) in [5, 5.41) is 0. The molecule has 0 aliphatic carbocycles. The van der Waals surface area contributed by atoms with E-state index in [2.05, 4.69) is 4.72 Å². The molecule has 0 aliphatic heterocycles. The van der Waals surface area contributed by atoms with Crippen LogP contribution in [0.5, 0.6) is 0 Å². The van der Waals surface area contributed by atoms with Gasteiger partial charge in [-0.1, -0.05) is 60.2 Å². The summed E-state index contributed by atoms with van der Waals surface area (Å²) in [6.07, 6.45) is 3.68. The van der Waals surface area contributed by atoms with E-state index in [-0.39, 0.29) is 11.4 Å². The van der Waals surface area contributed by atoms with Gasteiger partial charge < -0.3 is 0 Å². The average molecular weight is 287 g/mol. The number of benzene rings is 2. The Morgan fingerprint density at radius 2 is 1.65 bits per heavy atom. The van der Waals surface area contributed by atoms with Crippen LogP contribution in [0.2, 0.25) is 0 Å². The molecule has 0 amide bonds. The maximum Gasteiger partial charge on any atom is 0.240 e. The molecule has 0 spiro atoms. The Bertz CT molecular complexity index is 674. The van der Waals surface area contributed by atoms with Crippen molar-refractivity contribution in [3.05, 3.63) is 71.8 Å². The number of rotatable bonds is 5. The van der Waals surface area contributed by atoms with E-state index in [0.717, 1.165) is 11.1 Å². The molecule has 2 aromatic rings. The fraction of sp³-hybridized carbons (Fsp3) is 0.125. The maximum absolute atomic E-state index is 12.0. The van der Waals surface area contributed by atoms with Gasteiger partial charge >= 0.3 is 0 Å². The van der Waals surface area contributed by atoms with Crippen LogP contribution in [0, 0.1) is 6.92 Å². The molecular formula is C16H17NO2S. The van der Waals surface area contributed by atoms with Gasteiger partial charge in [0.25, 0.3) is 0 Å². The van der Waals surface area contributed by atoms with Crippen molar-refractivity contribution in [3.63, 3.8) is 0 Å². The number of sulfonamides is 1. The smallest absolute Gasteiger partial charge is 0.207 e. The number of hydrogen-bond acceptors (Lipinski definition) is 2. The lowest BCUT2D eigenvalue weighted by molar-refractivity contribution is 0.585. The summed E-state index contributed by atoms with van der Waals surface area (Å²) in [6.45, 7) is 2.19. The quantitative estimate of drug-likeness (QED) is 0.919. The van der Waals surface area contributed by atoms with Crippen molar-refractivity contribution < 1.29 is 8.42 Å². The molecule has 0 saturated carbocycles. The maximum atomic E-state index is 12.0. The SMILES string of the molecule is Cc1ccc(S(=O)(=O)NC/C=C\c2ccccc2)cc1. The van der Waals surface area contributed by atoms with Crippen LogP contribution in [-0.2, 0) is 10.0 Å². The molecule has 2 aromatic carbocycles. The summed E-state index contributed by atoms with van der Waals surface area (Å²) in [5.41, 5.74) is 2.08. The fourth-order valence-corrected chi connectivity index (χ4v) is 2.69. The van der Waals surface area contributed by atoms with Gasteiger partial charge in [0.2, 0.25) is 10.0 Å². The van der Waals surface area contributed by atoms with Gasteiger partial charge in [-0.25, -0.2) is 13.1 Å². The third-order valence-electron chi connectivity index (χ3n) is 2.83. The number of hydrogen-bond donors (Lipinski definition) is 1. The molecule has 0 radical (unpaired) electrons. The van der Waals surface area contributed by atoms with E-state index in [0.29, 0.717) is 0 Å². The van der Waals surface area contributed by atoms with Crippen molar-refractivity contribution in [1.82, 2.24) is 4.72 Å². The van der Waals surface area contributed by atoms with Gasteiger partial charge in [0, 0.05) is 6.54 Å². The van der Waals surface area contributed by atoms with Crippen molar-refractivity contribution in [3.8, 4) is 0 Å². The highest BCUT2D eigenvalue weighted by molar-refractivity contribution is 7.89.